The molecule has 4 aliphatic rings. The Morgan fingerprint density at radius 1 is 1.15 bits per heavy atom. The summed E-state index contributed by atoms with van der Waals surface area (Å²) < 4.78 is 16.3. The predicted molar refractivity (Wildman–Crippen MR) is 150 cm³/mol. The molecule has 1 N–H and O–H groups in total. The van der Waals surface area contributed by atoms with Gasteiger partial charge in [-0.3, -0.25) is 14.6 Å². The fourth-order valence-corrected chi connectivity index (χ4v) is 6.44. The van der Waals surface area contributed by atoms with Gasteiger partial charge in [0.05, 0.1) is 29.0 Å². The van der Waals surface area contributed by atoms with E-state index in [0.29, 0.717) is 36.3 Å². The standard InChI is InChI=1S/C31H36FN5O2/c1-19(2)35(3)30(38)25-16-22(32)6-9-27(25)37-18-26(24-10-13-33-17-28(24)37)20-11-14-36(15-12-20)31(39)29-21-4-7-23(34-29)8-5-21/h6,9-11,13,16-19,21,23,29,34H,4-5,7-8,12,14-15H2,1-3H3/t21?,23?,29-/m0/s1. The summed E-state index contributed by atoms with van der Waals surface area (Å²) in [6.07, 6.45) is 13.2. The second-order valence-corrected chi connectivity index (χ2v) is 11.5. The van der Waals surface area contributed by atoms with Crippen molar-refractivity contribution in [2.45, 2.75) is 64.1 Å². The number of aromatic nitrogens is 2. The molecule has 5 heterocycles. The van der Waals surface area contributed by atoms with Crippen molar-refractivity contribution in [1.82, 2.24) is 24.7 Å². The van der Waals surface area contributed by atoms with Crippen LogP contribution < -0.4 is 5.32 Å². The van der Waals surface area contributed by atoms with Gasteiger partial charge in [0.15, 0.2) is 0 Å². The zero-order valence-corrected chi connectivity index (χ0v) is 22.9. The maximum Gasteiger partial charge on any atom is 0.256 e. The molecule has 7 rings (SSSR count). The Morgan fingerprint density at radius 3 is 2.62 bits per heavy atom. The van der Waals surface area contributed by atoms with E-state index in [4.69, 9.17) is 0 Å². The quantitative estimate of drug-likeness (QED) is 0.516. The molecule has 7 nitrogen and oxygen atoms in total. The van der Waals surface area contributed by atoms with Crippen LogP contribution in [-0.4, -0.2) is 69.4 Å². The second kappa shape index (κ2) is 10.2. The number of piperidine rings is 2. The van der Waals surface area contributed by atoms with Crippen LogP contribution in [0.4, 0.5) is 4.39 Å². The molecule has 3 aromatic rings. The Bertz CT molecular complexity index is 1450. The summed E-state index contributed by atoms with van der Waals surface area (Å²) in [5, 5.41) is 4.61. The van der Waals surface area contributed by atoms with E-state index in [9.17, 15) is 14.0 Å². The number of fused-ring (bicyclic) bond motifs is 4. The lowest BCUT2D eigenvalue weighted by atomic mass is 9.76. The molecular weight excluding hydrogens is 493 g/mol. The number of carbonyl (C=O) groups is 2. The van der Waals surface area contributed by atoms with E-state index in [1.165, 1.54) is 30.5 Å². The van der Waals surface area contributed by atoms with E-state index in [1.54, 1.807) is 30.4 Å². The molecule has 8 heteroatoms. The number of benzene rings is 1. The zero-order valence-electron chi connectivity index (χ0n) is 22.9. The van der Waals surface area contributed by atoms with Crippen molar-refractivity contribution in [3.63, 3.8) is 0 Å². The molecule has 3 aliphatic heterocycles. The monoisotopic (exact) mass is 529 g/mol. The molecule has 2 aromatic heterocycles. The molecule has 1 atom stereocenters. The molecule has 39 heavy (non-hydrogen) atoms. The summed E-state index contributed by atoms with van der Waals surface area (Å²) >= 11 is 0. The Kier molecular flexibility index (Phi) is 6.75. The number of nitrogens with one attached hydrogen (secondary N) is 1. The molecule has 1 aliphatic carbocycles. The van der Waals surface area contributed by atoms with E-state index in [2.05, 4.69) is 16.4 Å². The average molecular weight is 530 g/mol. The number of rotatable bonds is 5. The average Bonchev–Trinajstić information content (AvgIpc) is 3.36. The van der Waals surface area contributed by atoms with E-state index in [0.717, 1.165) is 35.7 Å². The van der Waals surface area contributed by atoms with E-state index >= 15 is 0 Å². The van der Waals surface area contributed by atoms with Gasteiger partial charge in [0.2, 0.25) is 5.91 Å². The number of carbonyl (C=O) groups excluding carboxylic acids is 2. The summed E-state index contributed by atoms with van der Waals surface area (Å²) in [6, 6.07) is 6.76. The van der Waals surface area contributed by atoms with E-state index in [-0.39, 0.29) is 23.9 Å². The summed E-state index contributed by atoms with van der Waals surface area (Å²) in [6.45, 7) is 5.13. The van der Waals surface area contributed by atoms with Gasteiger partial charge in [-0.1, -0.05) is 6.08 Å². The van der Waals surface area contributed by atoms with Gasteiger partial charge in [-0.25, -0.2) is 4.39 Å². The van der Waals surface area contributed by atoms with Gasteiger partial charge in [-0.15, -0.1) is 0 Å². The lowest BCUT2D eigenvalue weighted by Crippen LogP contribution is -2.59. The highest BCUT2D eigenvalue weighted by Crippen LogP contribution is 2.36. The number of hydrogen-bond acceptors (Lipinski definition) is 4. The van der Waals surface area contributed by atoms with Crippen molar-refractivity contribution in [3.05, 3.63) is 65.9 Å². The summed E-state index contributed by atoms with van der Waals surface area (Å²) in [5.41, 5.74) is 3.99. The molecule has 2 bridgehead atoms. The van der Waals surface area contributed by atoms with Crippen molar-refractivity contribution in [2.24, 2.45) is 5.92 Å². The van der Waals surface area contributed by atoms with Crippen molar-refractivity contribution < 1.29 is 14.0 Å². The van der Waals surface area contributed by atoms with Crippen LogP contribution >= 0.6 is 0 Å². The highest BCUT2D eigenvalue weighted by atomic mass is 19.1. The van der Waals surface area contributed by atoms with Gasteiger partial charge in [-0.05, 0) is 81.7 Å². The van der Waals surface area contributed by atoms with Gasteiger partial charge < -0.3 is 19.7 Å². The van der Waals surface area contributed by atoms with Crippen LogP contribution in [0.25, 0.3) is 22.2 Å². The summed E-state index contributed by atoms with van der Waals surface area (Å²) in [5.74, 6) is 0.00752. The highest BCUT2D eigenvalue weighted by Gasteiger charge is 2.40. The number of pyridine rings is 1. The molecule has 204 valence electrons. The number of hydrogen-bond donors (Lipinski definition) is 1. The molecule has 1 saturated carbocycles. The van der Waals surface area contributed by atoms with Gasteiger partial charge in [0, 0.05) is 55.6 Å². The van der Waals surface area contributed by atoms with Crippen molar-refractivity contribution in [2.75, 3.05) is 20.1 Å². The molecule has 0 radical (unpaired) electrons. The van der Waals surface area contributed by atoms with Crippen molar-refractivity contribution >= 4 is 28.3 Å². The Hall–Kier alpha value is -3.52. The van der Waals surface area contributed by atoms with Crippen LogP contribution in [0, 0.1) is 11.7 Å². The Morgan fingerprint density at radius 2 is 1.95 bits per heavy atom. The van der Waals surface area contributed by atoms with Gasteiger partial charge in [0.25, 0.3) is 5.91 Å². The zero-order chi connectivity index (χ0) is 27.3. The first-order valence-corrected chi connectivity index (χ1v) is 14.1. The number of amides is 2. The van der Waals surface area contributed by atoms with Crippen LogP contribution in [0.1, 0.15) is 61.9 Å². The fourth-order valence-electron chi connectivity index (χ4n) is 6.44. The SMILES string of the molecule is CC(C)N(C)C(=O)c1cc(F)ccc1-n1cc(C2=CCN(C(=O)[C@H]3NC4CCC3CC4)CC2)c2ccncc21. The fraction of sp³-hybridized carbons (Fsp3) is 0.452. The molecule has 0 spiro atoms. The minimum Gasteiger partial charge on any atom is -0.339 e. The van der Waals surface area contributed by atoms with Crippen LogP contribution in [0.2, 0.25) is 0 Å². The van der Waals surface area contributed by atoms with Crippen molar-refractivity contribution in [1.29, 1.82) is 0 Å². The van der Waals surface area contributed by atoms with Crippen LogP contribution in [0.5, 0.6) is 0 Å². The molecule has 0 unspecified atom stereocenters. The third-order valence-corrected chi connectivity index (χ3v) is 8.94. The van der Waals surface area contributed by atoms with Crippen molar-refractivity contribution in [3.8, 4) is 5.69 Å². The molecule has 1 aromatic carbocycles. The molecule has 2 amide bonds. The first-order valence-electron chi connectivity index (χ1n) is 14.1. The molecule has 2 saturated heterocycles. The smallest absolute Gasteiger partial charge is 0.256 e. The topological polar surface area (TPSA) is 70.5 Å². The van der Waals surface area contributed by atoms with Crippen LogP contribution in [0.3, 0.4) is 0 Å². The number of halogens is 1. The second-order valence-electron chi connectivity index (χ2n) is 11.5. The summed E-state index contributed by atoms with van der Waals surface area (Å²) in [7, 11) is 1.73. The third-order valence-electron chi connectivity index (χ3n) is 8.94. The first-order chi connectivity index (χ1) is 18.8. The Labute approximate surface area is 228 Å². The summed E-state index contributed by atoms with van der Waals surface area (Å²) in [4.78, 5) is 34.7. The minimum atomic E-state index is -0.450. The maximum atomic E-state index is 14.3. The van der Waals surface area contributed by atoms with E-state index in [1.807, 2.05) is 35.6 Å². The van der Waals surface area contributed by atoms with Crippen LogP contribution in [-0.2, 0) is 4.79 Å². The molecule has 3 fully saturated rings. The lowest BCUT2D eigenvalue weighted by molar-refractivity contribution is -0.136. The van der Waals surface area contributed by atoms with E-state index < -0.39 is 5.82 Å². The Balaban J connectivity index is 1.32. The minimum absolute atomic E-state index is 0.0238. The third kappa shape index (κ3) is 4.65. The number of nitrogens with zero attached hydrogens (tertiary/aromatic N) is 4. The van der Waals surface area contributed by atoms with Gasteiger partial charge in [-0.2, -0.15) is 0 Å². The maximum absolute atomic E-state index is 14.3. The molecular formula is C31H36FN5O2. The van der Waals surface area contributed by atoms with Gasteiger partial charge >= 0.3 is 0 Å². The lowest BCUT2D eigenvalue weighted by Gasteiger charge is -2.44. The highest BCUT2D eigenvalue weighted by molar-refractivity contribution is 6.00. The normalized spacial score (nSPS) is 22.8. The van der Waals surface area contributed by atoms with Crippen LogP contribution in [0.15, 0.2) is 48.9 Å². The first kappa shape index (κ1) is 25.7. The predicted octanol–water partition coefficient (Wildman–Crippen LogP) is 4.79. The van der Waals surface area contributed by atoms with Gasteiger partial charge in [0.1, 0.15) is 5.82 Å². The largest absolute Gasteiger partial charge is 0.339 e.